The van der Waals surface area contributed by atoms with Crippen LogP contribution in [0.1, 0.15) is 28.8 Å². The second-order valence-corrected chi connectivity index (χ2v) is 6.34. The fourth-order valence-corrected chi connectivity index (χ4v) is 3.43. The van der Waals surface area contributed by atoms with Gasteiger partial charge < -0.3 is 5.32 Å². The number of carbonyl (C=O) groups excluding carboxylic acids is 1. The molecule has 25 heavy (non-hydrogen) atoms. The zero-order chi connectivity index (χ0) is 17.2. The van der Waals surface area contributed by atoms with Gasteiger partial charge in [-0.1, -0.05) is 67.6 Å². The van der Waals surface area contributed by atoms with Crippen molar-refractivity contribution in [1.29, 1.82) is 0 Å². The maximum absolute atomic E-state index is 13.2. The zero-order valence-corrected chi connectivity index (χ0v) is 14.1. The Morgan fingerprint density at radius 1 is 0.840 bits per heavy atom. The van der Waals surface area contributed by atoms with E-state index in [4.69, 9.17) is 0 Å². The van der Waals surface area contributed by atoms with Gasteiger partial charge in [0.05, 0.1) is 5.56 Å². The Hall–Kier alpha value is -3.07. The van der Waals surface area contributed by atoms with Gasteiger partial charge in [0.2, 0.25) is 0 Å². The maximum atomic E-state index is 13.2. The minimum atomic E-state index is -0.146. The van der Waals surface area contributed by atoms with Crippen LogP contribution in [-0.4, -0.2) is 12.1 Å². The number of amides is 1. The van der Waals surface area contributed by atoms with Crippen molar-refractivity contribution in [3.8, 4) is 0 Å². The second-order valence-electron chi connectivity index (χ2n) is 6.34. The van der Waals surface area contributed by atoms with E-state index in [2.05, 4.69) is 24.4 Å². The van der Waals surface area contributed by atoms with Gasteiger partial charge >= 0.3 is 0 Å². The molecule has 1 heterocycles. The van der Waals surface area contributed by atoms with Crippen LogP contribution in [0.3, 0.4) is 0 Å². The minimum Gasteiger partial charge on any atom is -0.364 e. The molecule has 0 radical (unpaired) electrons. The highest BCUT2D eigenvalue weighted by atomic mass is 16.2. The van der Waals surface area contributed by atoms with E-state index in [9.17, 15) is 4.79 Å². The van der Waals surface area contributed by atoms with Gasteiger partial charge in [-0.15, -0.1) is 0 Å². The number of benzene rings is 3. The molecule has 3 aromatic carbocycles. The van der Waals surface area contributed by atoms with Crippen LogP contribution < -0.4 is 10.2 Å². The molecular weight excluding hydrogens is 308 g/mol. The van der Waals surface area contributed by atoms with Crippen LogP contribution in [-0.2, 0) is 0 Å². The lowest BCUT2D eigenvalue weighted by molar-refractivity contribution is 0.0972. The summed E-state index contributed by atoms with van der Waals surface area (Å²) in [6.07, 6.45) is -0.146. The summed E-state index contributed by atoms with van der Waals surface area (Å²) in [5.74, 6) is 0.173. The fraction of sp³-hybridized carbons (Fsp3) is 0.136. The van der Waals surface area contributed by atoms with Crippen molar-refractivity contribution in [2.24, 2.45) is 0 Å². The number of para-hydroxylation sites is 2. The van der Waals surface area contributed by atoms with Crippen LogP contribution in [0.25, 0.3) is 0 Å². The summed E-state index contributed by atoms with van der Waals surface area (Å²) in [7, 11) is 0. The molecule has 1 aliphatic rings. The molecule has 0 unspecified atom stereocenters. The van der Waals surface area contributed by atoms with Crippen molar-refractivity contribution in [2.45, 2.75) is 19.0 Å². The lowest BCUT2D eigenvalue weighted by Crippen LogP contribution is -2.51. The van der Waals surface area contributed by atoms with Crippen molar-refractivity contribution in [3.05, 3.63) is 96.1 Å². The van der Waals surface area contributed by atoms with E-state index in [1.54, 1.807) is 0 Å². The van der Waals surface area contributed by atoms with Gasteiger partial charge in [0.15, 0.2) is 0 Å². The van der Waals surface area contributed by atoms with Crippen molar-refractivity contribution in [2.75, 3.05) is 10.2 Å². The predicted octanol–water partition coefficient (Wildman–Crippen LogP) is 4.89. The molecule has 0 aromatic heterocycles. The highest BCUT2D eigenvalue weighted by Crippen LogP contribution is 2.35. The number of fused-ring (bicyclic) bond motifs is 1. The number of hydrogen-bond acceptors (Lipinski definition) is 2. The van der Waals surface area contributed by atoms with E-state index in [1.165, 1.54) is 5.56 Å². The first-order valence-electron chi connectivity index (χ1n) is 8.55. The van der Waals surface area contributed by atoms with Crippen molar-refractivity contribution >= 4 is 17.3 Å². The molecule has 1 amide bonds. The molecule has 3 nitrogen and oxygen atoms in total. The molecule has 3 heteroatoms. The molecule has 4 rings (SSSR count). The summed E-state index contributed by atoms with van der Waals surface area (Å²) < 4.78 is 0. The summed E-state index contributed by atoms with van der Waals surface area (Å²) in [5.41, 5.74) is 3.71. The topological polar surface area (TPSA) is 32.3 Å². The SMILES string of the molecule is C[C@H](c1ccccc1)[C@H]1Nc2ccccc2C(=O)N1c1ccccc1. The second kappa shape index (κ2) is 6.44. The average molecular weight is 328 g/mol. The average Bonchev–Trinajstić information content (AvgIpc) is 2.69. The van der Waals surface area contributed by atoms with Crippen molar-refractivity contribution in [3.63, 3.8) is 0 Å². The van der Waals surface area contributed by atoms with E-state index >= 15 is 0 Å². The van der Waals surface area contributed by atoms with E-state index in [0.29, 0.717) is 5.56 Å². The van der Waals surface area contributed by atoms with Gasteiger partial charge in [-0.25, -0.2) is 0 Å². The summed E-state index contributed by atoms with van der Waals surface area (Å²) >= 11 is 0. The molecule has 0 saturated heterocycles. The minimum absolute atomic E-state index is 0.0355. The molecular formula is C22H20N2O. The molecule has 1 N–H and O–H groups in total. The molecule has 1 aliphatic heterocycles. The summed E-state index contributed by atoms with van der Waals surface area (Å²) in [4.78, 5) is 15.1. The number of nitrogens with one attached hydrogen (secondary N) is 1. The molecule has 2 atom stereocenters. The van der Waals surface area contributed by atoms with Crippen LogP contribution in [0.4, 0.5) is 11.4 Å². The van der Waals surface area contributed by atoms with Gasteiger partial charge in [-0.2, -0.15) is 0 Å². The smallest absolute Gasteiger partial charge is 0.262 e. The Labute approximate surface area is 147 Å². The Morgan fingerprint density at radius 2 is 1.44 bits per heavy atom. The lowest BCUT2D eigenvalue weighted by atomic mass is 9.93. The van der Waals surface area contributed by atoms with Crippen LogP contribution in [0.5, 0.6) is 0 Å². The first kappa shape index (κ1) is 15.5. The Balaban J connectivity index is 1.81. The van der Waals surface area contributed by atoms with Gasteiger partial charge in [-0.05, 0) is 29.8 Å². The number of anilines is 2. The summed E-state index contributed by atoms with van der Waals surface area (Å²) in [5, 5.41) is 3.58. The first-order chi connectivity index (χ1) is 12.3. The van der Waals surface area contributed by atoms with Crippen LogP contribution in [0, 0.1) is 0 Å². The largest absolute Gasteiger partial charge is 0.364 e. The summed E-state index contributed by atoms with van der Waals surface area (Å²) in [6.45, 7) is 2.16. The Morgan fingerprint density at radius 3 is 2.16 bits per heavy atom. The maximum Gasteiger partial charge on any atom is 0.262 e. The third-order valence-electron chi connectivity index (χ3n) is 4.79. The number of nitrogens with zero attached hydrogens (tertiary/aromatic N) is 1. The molecule has 124 valence electrons. The number of rotatable bonds is 3. The monoisotopic (exact) mass is 328 g/mol. The van der Waals surface area contributed by atoms with Crippen LogP contribution in [0.2, 0.25) is 0 Å². The number of carbonyl (C=O) groups is 1. The highest BCUT2D eigenvalue weighted by Gasteiger charge is 2.36. The standard InChI is InChI=1S/C22H20N2O/c1-16(17-10-4-2-5-11-17)21-23-20-15-9-8-14-19(20)22(25)24(21)18-12-6-3-7-13-18/h2-16,21,23H,1H3/t16-,21+/m1/s1. The van der Waals surface area contributed by atoms with E-state index in [1.807, 2.05) is 77.7 Å². The normalized spacial score (nSPS) is 17.6. The van der Waals surface area contributed by atoms with E-state index < -0.39 is 0 Å². The highest BCUT2D eigenvalue weighted by molar-refractivity contribution is 6.12. The Bertz CT molecular complexity index is 877. The van der Waals surface area contributed by atoms with E-state index in [0.717, 1.165) is 11.4 Å². The number of hydrogen-bond donors (Lipinski definition) is 1. The molecule has 0 saturated carbocycles. The van der Waals surface area contributed by atoms with Crippen LogP contribution >= 0.6 is 0 Å². The van der Waals surface area contributed by atoms with Crippen molar-refractivity contribution in [1.82, 2.24) is 0 Å². The third kappa shape index (κ3) is 2.78. The molecule has 0 aliphatic carbocycles. The molecule has 0 fully saturated rings. The quantitative estimate of drug-likeness (QED) is 0.742. The first-order valence-corrected chi connectivity index (χ1v) is 8.55. The van der Waals surface area contributed by atoms with Crippen molar-refractivity contribution < 1.29 is 4.79 Å². The molecule has 3 aromatic rings. The molecule has 0 bridgehead atoms. The predicted molar refractivity (Wildman–Crippen MR) is 102 cm³/mol. The van der Waals surface area contributed by atoms with Gasteiger partial charge in [-0.3, -0.25) is 9.69 Å². The third-order valence-corrected chi connectivity index (χ3v) is 4.79. The lowest BCUT2D eigenvalue weighted by Gasteiger charge is -2.41. The van der Waals surface area contributed by atoms with Gasteiger partial charge in [0.1, 0.15) is 6.17 Å². The Kier molecular flexibility index (Phi) is 3.98. The van der Waals surface area contributed by atoms with Gasteiger partial charge in [0, 0.05) is 17.3 Å². The summed E-state index contributed by atoms with van der Waals surface area (Å²) in [6, 6.07) is 27.9. The van der Waals surface area contributed by atoms with Crippen LogP contribution in [0.15, 0.2) is 84.9 Å². The van der Waals surface area contributed by atoms with E-state index in [-0.39, 0.29) is 18.0 Å². The zero-order valence-electron chi connectivity index (χ0n) is 14.1. The molecule has 0 spiro atoms. The fourth-order valence-electron chi connectivity index (χ4n) is 3.43. The van der Waals surface area contributed by atoms with Gasteiger partial charge in [0.25, 0.3) is 5.91 Å².